The molecule has 0 aliphatic rings. The molecule has 0 heterocycles. The van der Waals surface area contributed by atoms with Crippen LogP contribution in [0.4, 0.5) is 28.0 Å². The number of carboxylic acids is 1. The van der Waals surface area contributed by atoms with Crippen LogP contribution in [-0.2, 0) is 11.0 Å². The van der Waals surface area contributed by atoms with Crippen molar-refractivity contribution in [1.82, 2.24) is 4.90 Å². The van der Waals surface area contributed by atoms with Gasteiger partial charge in [-0.15, -0.1) is 0 Å². The van der Waals surface area contributed by atoms with Crippen LogP contribution in [0.3, 0.4) is 0 Å². The number of aliphatic carboxylic acids is 1. The van der Waals surface area contributed by atoms with E-state index in [9.17, 15) is 27.2 Å². The Kier molecular flexibility index (Phi) is 4.53. The zero-order valence-corrected chi connectivity index (χ0v) is 10.2. The summed E-state index contributed by atoms with van der Waals surface area (Å²) < 4.78 is 50.7. The molecule has 5 nitrogen and oxygen atoms in total. The molecule has 1 rings (SSSR count). The lowest BCUT2D eigenvalue weighted by atomic mass is 10.2. The van der Waals surface area contributed by atoms with Crippen LogP contribution >= 0.6 is 0 Å². The number of carboxylic acid groups (broad SMARTS) is 1. The zero-order valence-electron chi connectivity index (χ0n) is 10.2. The van der Waals surface area contributed by atoms with Crippen molar-refractivity contribution in [2.24, 2.45) is 0 Å². The Labute approximate surface area is 110 Å². The third-order valence-corrected chi connectivity index (χ3v) is 2.25. The summed E-state index contributed by atoms with van der Waals surface area (Å²) in [6, 6.07) is 0.495. The molecule has 0 atom stereocenters. The quantitative estimate of drug-likeness (QED) is 0.841. The zero-order chi connectivity index (χ0) is 15.5. The summed E-state index contributed by atoms with van der Waals surface area (Å²) >= 11 is 0. The van der Waals surface area contributed by atoms with Crippen molar-refractivity contribution >= 4 is 17.7 Å². The lowest BCUT2D eigenvalue weighted by Gasteiger charge is -2.16. The van der Waals surface area contributed by atoms with Crippen LogP contribution < -0.4 is 5.32 Å². The number of alkyl halides is 3. The first-order valence-corrected chi connectivity index (χ1v) is 5.22. The fourth-order valence-corrected chi connectivity index (χ4v) is 1.28. The van der Waals surface area contributed by atoms with Gasteiger partial charge in [0.25, 0.3) is 0 Å². The molecule has 0 saturated carbocycles. The molecule has 110 valence electrons. The van der Waals surface area contributed by atoms with E-state index in [2.05, 4.69) is 0 Å². The summed E-state index contributed by atoms with van der Waals surface area (Å²) in [6.45, 7) is -0.674. The number of rotatable bonds is 3. The second kappa shape index (κ2) is 5.76. The van der Waals surface area contributed by atoms with Crippen LogP contribution in [-0.4, -0.2) is 35.6 Å². The topological polar surface area (TPSA) is 69.6 Å². The van der Waals surface area contributed by atoms with Gasteiger partial charge in [0.2, 0.25) is 0 Å². The summed E-state index contributed by atoms with van der Waals surface area (Å²) in [5.41, 5.74) is -1.81. The highest BCUT2D eigenvalue weighted by molar-refractivity contribution is 5.91. The van der Waals surface area contributed by atoms with Gasteiger partial charge in [-0.1, -0.05) is 0 Å². The third kappa shape index (κ3) is 4.11. The Hall–Kier alpha value is -2.32. The largest absolute Gasteiger partial charge is 0.480 e. The molecule has 0 aromatic heterocycles. The van der Waals surface area contributed by atoms with E-state index in [4.69, 9.17) is 5.11 Å². The van der Waals surface area contributed by atoms with Crippen molar-refractivity contribution in [3.05, 3.63) is 29.6 Å². The molecule has 1 aromatic rings. The molecule has 0 spiro atoms. The Morgan fingerprint density at radius 2 is 1.95 bits per heavy atom. The van der Waals surface area contributed by atoms with E-state index >= 15 is 0 Å². The minimum Gasteiger partial charge on any atom is -0.480 e. The highest BCUT2D eigenvalue weighted by atomic mass is 19.4. The van der Waals surface area contributed by atoms with Crippen LogP contribution in [0.25, 0.3) is 0 Å². The first-order chi connectivity index (χ1) is 9.11. The number of nitrogens with zero attached hydrogens (tertiary/aromatic N) is 1. The van der Waals surface area contributed by atoms with Gasteiger partial charge in [0.1, 0.15) is 12.4 Å². The van der Waals surface area contributed by atoms with Gasteiger partial charge < -0.3 is 15.3 Å². The van der Waals surface area contributed by atoms with Crippen LogP contribution in [0.1, 0.15) is 5.56 Å². The average Bonchev–Trinajstić information content (AvgIpc) is 2.29. The number of halogens is 4. The van der Waals surface area contributed by atoms with Crippen molar-refractivity contribution in [3.8, 4) is 0 Å². The molecule has 20 heavy (non-hydrogen) atoms. The molecule has 9 heteroatoms. The maximum Gasteiger partial charge on any atom is 0.416 e. The Bertz CT molecular complexity index is 531. The number of carbonyl (C=O) groups is 2. The standard InChI is InChI=1S/C11H10F4N2O3/c1-17(5-9(18)19)10(20)16-8-4-6(11(13,14)15)2-3-7(8)12/h2-4H,5H2,1H3,(H,16,20)(H,18,19). The predicted octanol–water partition coefficient (Wildman–Crippen LogP) is 2.39. The lowest BCUT2D eigenvalue weighted by Crippen LogP contribution is -2.35. The van der Waals surface area contributed by atoms with Crippen molar-refractivity contribution in [1.29, 1.82) is 0 Å². The fraction of sp³-hybridized carbons (Fsp3) is 0.273. The number of amides is 2. The molecule has 0 fully saturated rings. The average molecular weight is 294 g/mol. The maximum atomic E-state index is 13.3. The molecule has 0 aliphatic heterocycles. The second-order valence-corrected chi connectivity index (χ2v) is 3.87. The Morgan fingerprint density at radius 1 is 1.35 bits per heavy atom. The van der Waals surface area contributed by atoms with Gasteiger partial charge in [0.15, 0.2) is 0 Å². The van der Waals surface area contributed by atoms with Gasteiger partial charge in [-0.25, -0.2) is 9.18 Å². The first-order valence-electron chi connectivity index (χ1n) is 5.22. The van der Waals surface area contributed by atoms with E-state index < -0.39 is 41.8 Å². The van der Waals surface area contributed by atoms with Crippen LogP contribution in [0.5, 0.6) is 0 Å². The number of hydrogen-bond acceptors (Lipinski definition) is 2. The molecular weight excluding hydrogens is 284 g/mol. The molecule has 0 bridgehead atoms. The van der Waals surface area contributed by atoms with E-state index in [1.54, 1.807) is 0 Å². The minimum absolute atomic E-state index is 0.432. The van der Waals surface area contributed by atoms with E-state index in [1.807, 2.05) is 5.32 Å². The summed E-state index contributed by atoms with van der Waals surface area (Å²) in [6.07, 6.45) is -4.68. The number of benzene rings is 1. The molecule has 2 N–H and O–H groups in total. The molecule has 2 amide bonds. The van der Waals surface area contributed by atoms with Gasteiger partial charge in [-0.2, -0.15) is 13.2 Å². The minimum atomic E-state index is -4.68. The lowest BCUT2D eigenvalue weighted by molar-refractivity contribution is -0.138. The number of likely N-dealkylation sites (N-methyl/N-ethyl adjacent to an activating group) is 1. The third-order valence-electron chi connectivity index (χ3n) is 2.25. The van der Waals surface area contributed by atoms with Gasteiger partial charge in [0, 0.05) is 7.05 Å². The summed E-state index contributed by atoms with van der Waals surface area (Å²) in [7, 11) is 1.11. The molecule has 1 aromatic carbocycles. The first kappa shape index (κ1) is 15.7. The summed E-state index contributed by atoms with van der Waals surface area (Å²) in [4.78, 5) is 22.5. The SMILES string of the molecule is CN(CC(=O)O)C(=O)Nc1cc(C(F)(F)F)ccc1F. The molecule has 0 saturated heterocycles. The predicted molar refractivity (Wildman–Crippen MR) is 60.7 cm³/mol. The number of nitrogens with one attached hydrogen (secondary N) is 1. The summed E-state index contributed by atoms with van der Waals surface area (Å²) in [5, 5.41) is 10.3. The molecular formula is C11H10F4N2O3. The maximum absolute atomic E-state index is 13.3. The Morgan fingerprint density at radius 3 is 2.45 bits per heavy atom. The van der Waals surface area contributed by atoms with Gasteiger partial charge in [-0.3, -0.25) is 4.79 Å². The van der Waals surface area contributed by atoms with E-state index in [0.29, 0.717) is 23.1 Å². The van der Waals surface area contributed by atoms with E-state index in [-0.39, 0.29) is 0 Å². The van der Waals surface area contributed by atoms with Crippen LogP contribution in [0.2, 0.25) is 0 Å². The fourth-order valence-electron chi connectivity index (χ4n) is 1.28. The smallest absolute Gasteiger partial charge is 0.416 e. The van der Waals surface area contributed by atoms with Crippen LogP contribution in [0, 0.1) is 5.82 Å². The van der Waals surface area contributed by atoms with Gasteiger partial charge >= 0.3 is 18.2 Å². The summed E-state index contributed by atoms with van der Waals surface area (Å²) in [5.74, 6) is -2.37. The number of anilines is 1. The van der Waals surface area contributed by atoms with Gasteiger partial charge in [-0.05, 0) is 18.2 Å². The van der Waals surface area contributed by atoms with E-state index in [0.717, 1.165) is 7.05 Å². The second-order valence-electron chi connectivity index (χ2n) is 3.87. The highest BCUT2D eigenvalue weighted by Gasteiger charge is 2.31. The number of urea groups is 1. The van der Waals surface area contributed by atoms with Crippen molar-refractivity contribution < 1.29 is 32.3 Å². The number of hydrogen-bond donors (Lipinski definition) is 2. The molecule has 0 radical (unpaired) electrons. The monoisotopic (exact) mass is 294 g/mol. The highest BCUT2D eigenvalue weighted by Crippen LogP contribution is 2.31. The number of carbonyl (C=O) groups excluding carboxylic acids is 1. The van der Waals surface area contributed by atoms with E-state index in [1.165, 1.54) is 0 Å². The van der Waals surface area contributed by atoms with Crippen molar-refractivity contribution in [2.45, 2.75) is 6.18 Å². The molecule has 0 aliphatic carbocycles. The van der Waals surface area contributed by atoms with Gasteiger partial charge in [0.05, 0.1) is 11.3 Å². The van der Waals surface area contributed by atoms with Crippen LogP contribution in [0.15, 0.2) is 18.2 Å². The Balaban J connectivity index is 2.92. The normalized spacial score (nSPS) is 11.1. The molecule has 0 unspecified atom stereocenters. The van der Waals surface area contributed by atoms with Crippen molar-refractivity contribution in [3.63, 3.8) is 0 Å². The van der Waals surface area contributed by atoms with Crippen molar-refractivity contribution in [2.75, 3.05) is 18.9 Å².